The predicted octanol–water partition coefficient (Wildman–Crippen LogP) is 6.56. The highest BCUT2D eigenvalue weighted by Gasteiger charge is 2.14. The zero-order chi connectivity index (χ0) is 27.0. The Balaban J connectivity index is 1.25. The van der Waals surface area contributed by atoms with E-state index in [1.54, 1.807) is 18.2 Å². The van der Waals surface area contributed by atoms with E-state index in [2.05, 4.69) is 10.5 Å². The number of carbonyl (C=O) groups is 2. The number of hydrogen-bond acceptors (Lipinski definition) is 5. The van der Waals surface area contributed by atoms with Crippen molar-refractivity contribution < 1.29 is 19.1 Å². The largest absolute Gasteiger partial charge is 0.484 e. The number of amides is 1. The number of nitrogens with zero attached hydrogens (tertiary/aromatic N) is 1. The lowest BCUT2D eigenvalue weighted by Gasteiger charge is -2.11. The number of ether oxygens (including phenoxy) is 2. The molecule has 5 aromatic rings. The predicted molar refractivity (Wildman–Crippen MR) is 153 cm³/mol. The minimum Gasteiger partial charge on any atom is -0.484 e. The molecule has 192 valence electrons. The topological polar surface area (TPSA) is 77.0 Å². The fourth-order valence-corrected chi connectivity index (χ4v) is 4.07. The lowest BCUT2D eigenvalue weighted by Crippen LogP contribution is -2.24. The Morgan fingerprint density at radius 3 is 2.23 bits per heavy atom. The smallest absolute Gasteiger partial charge is 0.343 e. The molecule has 0 atom stereocenters. The summed E-state index contributed by atoms with van der Waals surface area (Å²) in [5, 5.41) is 5.89. The van der Waals surface area contributed by atoms with Gasteiger partial charge in [0.2, 0.25) is 0 Å². The summed E-state index contributed by atoms with van der Waals surface area (Å²) in [6.07, 6.45) is 1.48. The third-order valence-corrected chi connectivity index (χ3v) is 6.13. The lowest BCUT2D eigenvalue weighted by molar-refractivity contribution is -0.123. The second-order valence-electron chi connectivity index (χ2n) is 8.93. The summed E-state index contributed by atoms with van der Waals surface area (Å²) in [6, 6.07) is 36.0. The molecule has 0 unspecified atom stereocenters. The van der Waals surface area contributed by atoms with Gasteiger partial charge in [0.25, 0.3) is 5.91 Å². The molecule has 0 saturated carbocycles. The van der Waals surface area contributed by atoms with E-state index < -0.39 is 11.9 Å². The third kappa shape index (κ3) is 6.37. The van der Waals surface area contributed by atoms with Crippen LogP contribution in [0.1, 0.15) is 21.5 Å². The van der Waals surface area contributed by atoms with Gasteiger partial charge in [0, 0.05) is 5.56 Å². The SMILES string of the molecule is Cc1ccc(C(=O)Oc2ccc3ccccc3c2C=NNC(=O)COc2ccc(-c3ccccc3)cc2)cc1. The second kappa shape index (κ2) is 11.9. The molecule has 5 aromatic carbocycles. The number of hydrogen-bond donors (Lipinski definition) is 1. The first kappa shape index (κ1) is 25.4. The molecule has 0 aromatic heterocycles. The molecule has 5 rings (SSSR count). The quantitative estimate of drug-likeness (QED) is 0.110. The van der Waals surface area contributed by atoms with Crippen molar-refractivity contribution in [2.75, 3.05) is 6.61 Å². The molecule has 0 spiro atoms. The minimum absolute atomic E-state index is 0.202. The number of hydrazone groups is 1. The van der Waals surface area contributed by atoms with Crippen LogP contribution in [0.25, 0.3) is 21.9 Å². The van der Waals surface area contributed by atoms with E-state index >= 15 is 0 Å². The van der Waals surface area contributed by atoms with Crippen molar-refractivity contribution in [2.45, 2.75) is 6.92 Å². The van der Waals surface area contributed by atoms with Crippen LogP contribution in [0.5, 0.6) is 11.5 Å². The Labute approximate surface area is 226 Å². The Hall–Kier alpha value is -5.23. The number of carbonyl (C=O) groups excluding carboxylic acids is 2. The summed E-state index contributed by atoms with van der Waals surface area (Å²) >= 11 is 0. The highest BCUT2D eigenvalue weighted by atomic mass is 16.5. The number of fused-ring (bicyclic) bond motifs is 1. The fourth-order valence-electron chi connectivity index (χ4n) is 4.07. The van der Waals surface area contributed by atoms with Gasteiger partial charge >= 0.3 is 5.97 Å². The number of benzene rings is 5. The van der Waals surface area contributed by atoms with Gasteiger partial charge < -0.3 is 9.47 Å². The van der Waals surface area contributed by atoms with Crippen molar-refractivity contribution in [3.05, 3.63) is 132 Å². The molecule has 1 amide bonds. The molecule has 0 saturated heterocycles. The second-order valence-corrected chi connectivity index (χ2v) is 8.93. The molecular weight excluding hydrogens is 488 g/mol. The van der Waals surface area contributed by atoms with E-state index in [4.69, 9.17) is 9.47 Å². The van der Waals surface area contributed by atoms with Crippen LogP contribution in [0.4, 0.5) is 0 Å². The van der Waals surface area contributed by atoms with Crippen LogP contribution in [0, 0.1) is 6.92 Å². The van der Waals surface area contributed by atoms with Crippen LogP contribution in [-0.4, -0.2) is 24.7 Å². The zero-order valence-electron chi connectivity index (χ0n) is 21.3. The Morgan fingerprint density at radius 1 is 0.769 bits per heavy atom. The van der Waals surface area contributed by atoms with Gasteiger partial charge in [0.05, 0.1) is 11.8 Å². The molecule has 0 radical (unpaired) electrons. The third-order valence-electron chi connectivity index (χ3n) is 6.13. The van der Waals surface area contributed by atoms with Gasteiger partial charge in [-0.2, -0.15) is 5.10 Å². The van der Waals surface area contributed by atoms with Gasteiger partial charge in [-0.3, -0.25) is 4.79 Å². The van der Waals surface area contributed by atoms with E-state index in [1.165, 1.54) is 6.21 Å². The number of esters is 1. The first-order valence-electron chi connectivity index (χ1n) is 12.5. The molecule has 1 N–H and O–H groups in total. The maximum Gasteiger partial charge on any atom is 0.343 e. The van der Waals surface area contributed by atoms with E-state index in [-0.39, 0.29) is 6.61 Å². The molecule has 0 aliphatic heterocycles. The van der Waals surface area contributed by atoms with Gasteiger partial charge in [-0.25, -0.2) is 10.2 Å². The van der Waals surface area contributed by atoms with Crippen molar-refractivity contribution in [1.29, 1.82) is 0 Å². The van der Waals surface area contributed by atoms with Gasteiger partial charge in [0.15, 0.2) is 6.61 Å². The normalized spacial score (nSPS) is 10.9. The van der Waals surface area contributed by atoms with Crippen LogP contribution in [-0.2, 0) is 4.79 Å². The van der Waals surface area contributed by atoms with Crippen molar-refractivity contribution in [1.82, 2.24) is 5.43 Å². The zero-order valence-corrected chi connectivity index (χ0v) is 21.3. The molecule has 0 bridgehead atoms. The fraction of sp³-hybridized carbons (Fsp3) is 0.0606. The average molecular weight is 515 g/mol. The molecule has 39 heavy (non-hydrogen) atoms. The molecular formula is C33H26N2O4. The highest BCUT2D eigenvalue weighted by Crippen LogP contribution is 2.27. The van der Waals surface area contributed by atoms with Crippen LogP contribution >= 0.6 is 0 Å². The molecule has 0 aliphatic carbocycles. The van der Waals surface area contributed by atoms with Gasteiger partial charge in [0.1, 0.15) is 11.5 Å². The van der Waals surface area contributed by atoms with Crippen molar-refractivity contribution in [3.63, 3.8) is 0 Å². The summed E-state index contributed by atoms with van der Waals surface area (Å²) < 4.78 is 11.3. The molecule has 6 heteroatoms. The molecule has 6 nitrogen and oxygen atoms in total. The molecule has 0 aliphatic rings. The maximum atomic E-state index is 12.8. The van der Waals surface area contributed by atoms with Gasteiger partial charge in [-0.1, -0.05) is 90.5 Å². The van der Waals surface area contributed by atoms with E-state index in [1.807, 2.05) is 104 Å². The Morgan fingerprint density at radius 2 is 1.46 bits per heavy atom. The minimum atomic E-state index is -0.476. The number of aryl methyl sites for hydroxylation is 1. The Bertz CT molecular complexity index is 1630. The van der Waals surface area contributed by atoms with E-state index in [0.29, 0.717) is 22.6 Å². The molecule has 0 fully saturated rings. The van der Waals surface area contributed by atoms with Crippen LogP contribution in [0.3, 0.4) is 0 Å². The summed E-state index contributed by atoms with van der Waals surface area (Å²) in [5.41, 5.74) is 6.72. The summed E-state index contributed by atoms with van der Waals surface area (Å²) in [5.74, 6) is 0.0210. The van der Waals surface area contributed by atoms with Gasteiger partial charge in [-0.15, -0.1) is 0 Å². The van der Waals surface area contributed by atoms with Gasteiger partial charge in [-0.05, 0) is 59.2 Å². The molecule has 0 heterocycles. The average Bonchev–Trinajstić information content (AvgIpc) is 2.98. The van der Waals surface area contributed by atoms with Crippen molar-refractivity contribution in [3.8, 4) is 22.6 Å². The summed E-state index contributed by atoms with van der Waals surface area (Å²) in [4.78, 5) is 25.2. The van der Waals surface area contributed by atoms with Crippen LogP contribution < -0.4 is 14.9 Å². The maximum absolute atomic E-state index is 12.8. The first-order valence-corrected chi connectivity index (χ1v) is 12.5. The summed E-state index contributed by atoms with van der Waals surface area (Å²) in [7, 11) is 0. The Kier molecular flexibility index (Phi) is 7.74. The first-order chi connectivity index (χ1) is 19.1. The van der Waals surface area contributed by atoms with E-state index in [0.717, 1.165) is 27.5 Å². The highest BCUT2D eigenvalue weighted by molar-refractivity contribution is 6.04. The monoisotopic (exact) mass is 514 g/mol. The lowest BCUT2D eigenvalue weighted by atomic mass is 10.0. The van der Waals surface area contributed by atoms with Crippen LogP contribution in [0.2, 0.25) is 0 Å². The standard InChI is InChI=1S/C33H26N2O4/c1-23-11-13-27(14-12-23)33(37)39-31-20-17-26-9-5-6-10-29(26)30(31)21-34-35-32(36)22-38-28-18-15-25(16-19-28)24-7-3-2-4-8-24/h2-21H,22H2,1H3,(H,35,36). The van der Waals surface area contributed by atoms with E-state index in [9.17, 15) is 9.59 Å². The summed E-state index contributed by atoms with van der Waals surface area (Å²) in [6.45, 7) is 1.75. The number of nitrogens with one attached hydrogen (secondary N) is 1. The van der Waals surface area contributed by atoms with Crippen LogP contribution in [0.15, 0.2) is 120 Å². The number of rotatable bonds is 8. The van der Waals surface area contributed by atoms with Crippen molar-refractivity contribution in [2.24, 2.45) is 5.10 Å². The van der Waals surface area contributed by atoms with Crippen molar-refractivity contribution >= 4 is 28.9 Å².